The van der Waals surface area contributed by atoms with Crippen molar-refractivity contribution in [2.24, 2.45) is 10.9 Å². The van der Waals surface area contributed by atoms with E-state index < -0.39 is 4.92 Å². The molecule has 8 nitrogen and oxygen atoms in total. The lowest BCUT2D eigenvalue weighted by Gasteiger charge is -2.21. The molecule has 1 aliphatic rings. The largest absolute Gasteiger partial charge is 0.381 e. The molecule has 0 saturated carbocycles. The Labute approximate surface area is 160 Å². The number of nitro benzene ring substituents is 1. The number of guanidine groups is 1. The molecule has 1 aliphatic heterocycles. The fourth-order valence-electron chi connectivity index (χ4n) is 2.82. The summed E-state index contributed by atoms with van der Waals surface area (Å²) in [4.78, 5) is 15.0. The second-order valence-electron chi connectivity index (χ2n) is 6.53. The van der Waals surface area contributed by atoms with Crippen LogP contribution in [0, 0.1) is 16.0 Å². The van der Waals surface area contributed by atoms with Gasteiger partial charge in [0.25, 0.3) is 5.69 Å². The minimum atomic E-state index is -0.392. The highest BCUT2D eigenvalue weighted by molar-refractivity contribution is 5.79. The van der Waals surface area contributed by atoms with Gasteiger partial charge < -0.3 is 20.1 Å². The first-order valence-corrected chi connectivity index (χ1v) is 9.60. The van der Waals surface area contributed by atoms with Crippen molar-refractivity contribution in [1.82, 2.24) is 10.6 Å². The molecule has 1 aromatic rings. The number of rotatable bonds is 10. The molecule has 0 unspecified atom stereocenters. The zero-order chi connectivity index (χ0) is 19.3. The van der Waals surface area contributed by atoms with E-state index in [0.29, 0.717) is 25.0 Å². The average Bonchev–Trinajstić information content (AvgIpc) is 2.69. The van der Waals surface area contributed by atoms with E-state index in [2.05, 4.69) is 15.6 Å². The molecule has 0 radical (unpaired) electrons. The van der Waals surface area contributed by atoms with Gasteiger partial charge in [-0.2, -0.15) is 0 Å². The Morgan fingerprint density at radius 2 is 2.19 bits per heavy atom. The van der Waals surface area contributed by atoms with Crippen LogP contribution in [-0.4, -0.2) is 50.4 Å². The number of nitro groups is 1. The molecule has 0 spiro atoms. The summed E-state index contributed by atoms with van der Waals surface area (Å²) in [6.45, 7) is 7.12. The zero-order valence-corrected chi connectivity index (χ0v) is 16.0. The number of nitrogens with zero attached hydrogens (tertiary/aromatic N) is 2. The minimum absolute atomic E-state index is 0.0855. The number of benzene rings is 1. The quantitative estimate of drug-likeness (QED) is 0.213. The molecule has 150 valence electrons. The van der Waals surface area contributed by atoms with Crippen LogP contribution >= 0.6 is 0 Å². The van der Waals surface area contributed by atoms with Gasteiger partial charge in [-0.1, -0.05) is 12.1 Å². The lowest BCUT2D eigenvalue weighted by atomic mass is 10.0. The van der Waals surface area contributed by atoms with Crippen LogP contribution in [0.5, 0.6) is 0 Å². The van der Waals surface area contributed by atoms with Crippen molar-refractivity contribution in [3.05, 3.63) is 39.9 Å². The molecule has 27 heavy (non-hydrogen) atoms. The van der Waals surface area contributed by atoms with E-state index in [4.69, 9.17) is 9.47 Å². The van der Waals surface area contributed by atoms with E-state index in [1.165, 1.54) is 6.07 Å². The van der Waals surface area contributed by atoms with Crippen LogP contribution in [-0.2, 0) is 16.0 Å². The van der Waals surface area contributed by atoms with Gasteiger partial charge in [0.05, 0.1) is 11.5 Å². The molecule has 2 N–H and O–H groups in total. The highest BCUT2D eigenvalue weighted by Gasteiger charge is 2.13. The fraction of sp³-hybridized carbons (Fsp3) is 0.632. The van der Waals surface area contributed by atoms with E-state index >= 15 is 0 Å². The monoisotopic (exact) mass is 378 g/mol. The molecule has 1 saturated heterocycles. The highest BCUT2D eigenvalue weighted by Crippen LogP contribution is 2.15. The predicted octanol–water partition coefficient (Wildman–Crippen LogP) is 2.48. The van der Waals surface area contributed by atoms with Crippen molar-refractivity contribution in [3.8, 4) is 0 Å². The van der Waals surface area contributed by atoms with Crippen LogP contribution < -0.4 is 10.6 Å². The molecule has 0 atom stereocenters. The Morgan fingerprint density at radius 3 is 2.93 bits per heavy atom. The number of hydrogen-bond acceptors (Lipinski definition) is 5. The first-order chi connectivity index (χ1) is 13.2. The Balaban J connectivity index is 1.68. The van der Waals surface area contributed by atoms with Crippen molar-refractivity contribution in [1.29, 1.82) is 0 Å². The summed E-state index contributed by atoms with van der Waals surface area (Å²) < 4.78 is 11.1. The van der Waals surface area contributed by atoms with Gasteiger partial charge in [-0.25, -0.2) is 4.99 Å². The van der Waals surface area contributed by atoms with Crippen LogP contribution in [0.3, 0.4) is 0 Å². The van der Waals surface area contributed by atoms with Gasteiger partial charge >= 0.3 is 0 Å². The number of non-ortho nitro benzene ring substituents is 1. The summed E-state index contributed by atoms with van der Waals surface area (Å²) in [6.07, 6.45) is 3.07. The van der Waals surface area contributed by atoms with Crippen molar-refractivity contribution >= 4 is 11.6 Å². The lowest BCUT2D eigenvalue weighted by Crippen LogP contribution is -2.38. The van der Waals surface area contributed by atoms with E-state index in [1.54, 1.807) is 12.1 Å². The Hall–Kier alpha value is -2.19. The van der Waals surface area contributed by atoms with Gasteiger partial charge in [0.1, 0.15) is 0 Å². The zero-order valence-electron chi connectivity index (χ0n) is 16.0. The Morgan fingerprint density at radius 1 is 1.37 bits per heavy atom. The first-order valence-electron chi connectivity index (χ1n) is 9.60. The van der Waals surface area contributed by atoms with Crippen LogP contribution in [0.1, 0.15) is 31.7 Å². The van der Waals surface area contributed by atoms with Crippen molar-refractivity contribution in [2.75, 3.05) is 39.5 Å². The van der Waals surface area contributed by atoms with Gasteiger partial charge in [0, 0.05) is 51.6 Å². The van der Waals surface area contributed by atoms with E-state index in [-0.39, 0.29) is 5.69 Å². The first kappa shape index (κ1) is 21.1. The van der Waals surface area contributed by atoms with Gasteiger partial charge in [0.2, 0.25) is 0 Å². The van der Waals surface area contributed by atoms with Crippen molar-refractivity contribution in [2.45, 2.75) is 32.7 Å². The van der Waals surface area contributed by atoms with Crippen LogP contribution in [0.15, 0.2) is 29.3 Å². The molecule has 2 rings (SSSR count). The maximum Gasteiger partial charge on any atom is 0.269 e. The summed E-state index contributed by atoms with van der Waals surface area (Å²) in [6, 6.07) is 6.55. The molecular weight excluding hydrogens is 348 g/mol. The van der Waals surface area contributed by atoms with Crippen molar-refractivity contribution in [3.63, 3.8) is 0 Å². The van der Waals surface area contributed by atoms with E-state index in [1.807, 2.05) is 13.0 Å². The maximum atomic E-state index is 10.8. The molecule has 8 heteroatoms. The smallest absolute Gasteiger partial charge is 0.269 e. The topological polar surface area (TPSA) is 98.0 Å². The van der Waals surface area contributed by atoms with Crippen LogP contribution in [0.2, 0.25) is 0 Å². The molecule has 0 aromatic heterocycles. The lowest BCUT2D eigenvalue weighted by molar-refractivity contribution is -0.384. The molecule has 0 amide bonds. The third-order valence-electron chi connectivity index (χ3n) is 4.34. The van der Waals surface area contributed by atoms with Gasteiger partial charge in [0.15, 0.2) is 5.96 Å². The fourth-order valence-corrected chi connectivity index (χ4v) is 2.82. The number of nitrogens with one attached hydrogen (secondary N) is 2. The third kappa shape index (κ3) is 8.36. The summed E-state index contributed by atoms with van der Waals surface area (Å²) in [7, 11) is 0. The summed E-state index contributed by atoms with van der Waals surface area (Å²) in [5.41, 5.74) is 0.892. The number of hydrogen-bond donors (Lipinski definition) is 2. The second kappa shape index (κ2) is 12.2. The predicted molar refractivity (Wildman–Crippen MR) is 105 cm³/mol. The van der Waals surface area contributed by atoms with E-state index in [9.17, 15) is 10.1 Å². The molecule has 1 heterocycles. The second-order valence-corrected chi connectivity index (χ2v) is 6.53. The SMILES string of the molecule is CCNC(=NCc1cccc([N+](=O)[O-])c1)NCCCOCC1CCOCC1. The number of ether oxygens (including phenoxy) is 2. The van der Waals surface area contributed by atoms with Crippen LogP contribution in [0.4, 0.5) is 5.69 Å². The Bertz CT molecular complexity index is 603. The summed E-state index contributed by atoms with van der Waals surface area (Å²) >= 11 is 0. The minimum Gasteiger partial charge on any atom is -0.381 e. The maximum absolute atomic E-state index is 10.8. The highest BCUT2D eigenvalue weighted by atomic mass is 16.6. The van der Waals surface area contributed by atoms with E-state index in [0.717, 1.165) is 57.7 Å². The summed E-state index contributed by atoms with van der Waals surface area (Å²) in [5.74, 6) is 1.33. The van der Waals surface area contributed by atoms with Crippen LogP contribution in [0.25, 0.3) is 0 Å². The third-order valence-corrected chi connectivity index (χ3v) is 4.34. The standard InChI is InChI=1S/C19H30N4O4/c1-2-20-19(22-14-17-5-3-6-18(13-17)23(24)25)21-9-4-10-27-15-16-7-11-26-12-8-16/h3,5-6,13,16H,2,4,7-12,14-15H2,1H3,(H2,20,21,22). The summed E-state index contributed by atoms with van der Waals surface area (Å²) in [5, 5.41) is 17.3. The normalized spacial score (nSPS) is 15.5. The molecule has 0 aliphatic carbocycles. The molecule has 1 aromatic carbocycles. The Kier molecular flexibility index (Phi) is 9.57. The average molecular weight is 378 g/mol. The molecule has 0 bridgehead atoms. The van der Waals surface area contributed by atoms with Gasteiger partial charge in [-0.15, -0.1) is 0 Å². The van der Waals surface area contributed by atoms with Crippen molar-refractivity contribution < 1.29 is 14.4 Å². The molecular formula is C19H30N4O4. The van der Waals surface area contributed by atoms with Gasteiger partial charge in [-0.3, -0.25) is 10.1 Å². The number of aliphatic imine (C=N–C) groups is 1. The molecule has 1 fully saturated rings. The van der Waals surface area contributed by atoms with Gasteiger partial charge in [-0.05, 0) is 37.7 Å².